The minimum absolute atomic E-state index is 0.0529. The van der Waals surface area contributed by atoms with Crippen molar-refractivity contribution >= 4 is 17.3 Å². The Hall–Kier alpha value is -2.09. The van der Waals surface area contributed by atoms with Gasteiger partial charge in [-0.05, 0) is 24.3 Å². The van der Waals surface area contributed by atoms with E-state index in [0.29, 0.717) is 0 Å². The molecule has 2 rings (SSSR count). The number of nitrogens with zero attached hydrogens (tertiary/aromatic N) is 1. The summed E-state index contributed by atoms with van der Waals surface area (Å²) in [5.41, 5.74) is -0.961. The fourth-order valence-electron chi connectivity index (χ4n) is 1.22. The molecule has 0 radical (unpaired) electrons. The van der Waals surface area contributed by atoms with E-state index in [2.05, 4.69) is 4.98 Å². The highest BCUT2D eigenvalue weighted by atomic mass is 32.1. The fraction of sp³-hybridized carbons (Fsp3) is 0.0909. The van der Waals surface area contributed by atoms with Crippen LogP contribution in [-0.2, 0) is 6.18 Å². The summed E-state index contributed by atoms with van der Waals surface area (Å²) in [6, 6.07) is 4.04. The van der Waals surface area contributed by atoms with Gasteiger partial charge in [0.25, 0.3) is 5.19 Å². The Morgan fingerprint density at radius 2 is 1.89 bits per heavy atom. The lowest BCUT2D eigenvalue weighted by Gasteiger charge is -2.07. The molecule has 0 atom stereocenters. The Bertz CT molecular complexity index is 592. The first kappa shape index (κ1) is 13.3. The lowest BCUT2D eigenvalue weighted by atomic mass is 10.2. The number of carbonyl (C=O) groups is 1. The molecule has 0 fully saturated rings. The number of benzene rings is 1. The van der Waals surface area contributed by atoms with E-state index in [0.717, 1.165) is 35.6 Å². The van der Waals surface area contributed by atoms with Gasteiger partial charge in [-0.2, -0.15) is 18.2 Å². The zero-order valence-corrected chi connectivity index (χ0v) is 9.96. The van der Waals surface area contributed by atoms with E-state index in [9.17, 15) is 18.0 Å². The Kier molecular flexibility index (Phi) is 3.43. The molecule has 1 heterocycles. The van der Waals surface area contributed by atoms with Crippen molar-refractivity contribution in [3.63, 3.8) is 0 Å². The summed E-state index contributed by atoms with van der Waals surface area (Å²) in [6.45, 7) is 0. The molecule has 0 spiro atoms. The number of thiazole rings is 1. The molecule has 0 bridgehead atoms. The molecule has 0 amide bonds. The summed E-state index contributed by atoms with van der Waals surface area (Å²) in [5, 5.41) is 9.99. The molecular weight excluding hydrogens is 283 g/mol. The molecule has 100 valence electrons. The Balaban J connectivity index is 2.13. The monoisotopic (exact) mass is 289 g/mol. The number of aromatic carboxylic acids is 1. The molecule has 0 saturated carbocycles. The second kappa shape index (κ2) is 4.88. The van der Waals surface area contributed by atoms with Crippen LogP contribution in [0.25, 0.3) is 0 Å². The van der Waals surface area contributed by atoms with Crippen LogP contribution in [0.15, 0.2) is 29.6 Å². The van der Waals surface area contributed by atoms with Crippen LogP contribution in [0.3, 0.4) is 0 Å². The summed E-state index contributed by atoms with van der Waals surface area (Å²) in [5.74, 6) is -1.04. The molecule has 1 aromatic heterocycles. The van der Waals surface area contributed by atoms with Gasteiger partial charge in [0, 0.05) is 5.38 Å². The Morgan fingerprint density at radius 3 is 2.37 bits per heavy atom. The van der Waals surface area contributed by atoms with Crippen LogP contribution in [0.5, 0.6) is 10.9 Å². The van der Waals surface area contributed by atoms with Gasteiger partial charge in [0.1, 0.15) is 5.75 Å². The van der Waals surface area contributed by atoms with E-state index in [-0.39, 0.29) is 16.6 Å². The predicted octanol–water partition coefficient (Wildman–Crippen LogP) is 3.65. The van der Waals surface area contributed by atoms with Gasteiger partial charge in [-0.1, -0.05) is 11.3 Å². The van der Waals surface area contributed by atoms with Crippen molar-refractivity contribution in [2.75, 3.05) is 0 Å². The minimum Gasteiger partial charge on any atom is -0.476 e. The molecule has 0 saturated heterocycles. The van der Waals surface area contributed by atoms with Crippen LogP contribution in [0.2, 0.25) is 0 Å². The second-order valence-corrected chi connectivity index (χ2v) is 4.25. The highest BCUT2D eigenvalue weighted by molar-refractivity contribution is 7.11. The van der Waals surface area contributed by atoms with Gasteiger partial charge in [0.15, 0.2) is 5.69 Å². The molecule has 2 aromatic rings. The average Bonchev–Trinajstić information content (AvgIpc) is 2.77. The van der Waals surface area contributed by atoms with E-state index in [1.54, 1.807) is 0 Å². The quantitative estimate of drug-likeness (QED) is 0.937. The number of alkyl halides is 3. The highest BCUT2D eigenvalue weighted by Gasteiger charge is 2.30. The van der Waals surface area contributed by atoms with Gasteiger partial charge >= 0.3 is 12.1 Å². The fourth-order valence-corrected chi connectivity index (χ4v) is 1.88. The topological polar surface area (TPSA) is 59.4 Å². The van der Waals surface area contributed by atoms with Crippen LogP contribution in [0.4, 0.5) is 13.2 Å². The van der Waals surface area contributed by atoms with Crippen molar-refractivity contribution in [1.82, 2.24) is 4.98 Å². The number of hydrogen-bond donors (Lipinski definition) is 1. The number of ether oxygens (including phenoxy) is 1. The van der Waals surface area contributed by atoms with Crippen molar-refractivity contribution in [3.8, 4) is 10.9 Å². The number of carboxylic acids is 1. The highest BCUT2D eigenvalue weighted by Crippen LogP contribution is 2.31. The number of hydrogen-bond acceptors (Lipinski definition) is 4. The summed E-state index contributed by atoms with van der Waals surface area (Å²) < 4.78 is 42.1. The molecular formula is C11H6F3NO3S. The van der Waals surface area contributed by atoms with Gasteiger partial charge in [-0.25, -0.2) is 4.79 Å². The molecule has 19 heavy (non-hydrogen) atoms. The molecule has 4 nitrogen and oxygen atoms in total. The third kappa shape index (κ3) is 3.22. The van der Waals surface area contributed by atoms with Crippen molar-refractivity contribution in [1.29, 1.82) is 0 Å². The van der Waals surface area contributed by atoms with E-state index >= 15 is 0 Å². The van der Waals surface area contributed by atoms with E-state index in [1.165, 1.54) is 5.38 Å². The first-order valence-electron chi connectivity index (χ1n) is 4.90. The number of rotatable bonds is 3. The Labute approximate surface area is 109 Å². The summed E-state index contributed by atoms with van der Waals surface area (Å²) in [6.07, 6.45) is -4.41. The summed E-state index contributed by atoms with van der Waals surface area (Å²) in [4.78, 5) is 14.2. The lowest BCUT2D eigenvalue weighted by molar-refractivity contribution is -0.137. The predicted molar refractivity (Wildman–Crippen MR) is 60.6 cm³/mol. The van der Waals surface area contributed by atoms with Crippen LogP contribution >= 0.6 is 11.3 Å². The van der Waals surface area contributed by atoms with Gasteiger partial charge in [-0.3, -0.25) is 0 Å². The van der Waals surface area contributed by atoms with Gasteiger partial charge < -0.3 is 9.84 Å². The van der Waals surface area contributed by atoms with Gasteiger partial charge in [0.2, 0.25) is 0 Å². The van der Waals surface area contributed by atoms with Crippen molar-refractivity contribution in [2.45, 2.75) is 6.18 Å². The number of aromatic nitrogens is 1. The van der Waals surface area contributed by atoms with Crippen LogP contribution < -0.4 is 4.74 Å². The van der Waals surface area contributed by atoms with Crippen LogP contribution in [0.1, 0.15) is 16.1 Å². The maximum Gasteiger partial charge on any atom is 0.416 e. The van der Waals surface area contributed by atoms with E-state index < -0.39 is 17.7 Å². The average molecular weight is 289 g/mol. The lowest BCUT2D eigenvalue weighted by Crippen LogP contribution is -2.04. The van der Waals surface area contributed by atoms with E-state index in [4.69, 9.17) is 9.84 Å². The van der Waals surface area contributed by atoms with Crippen molar-refractivity contribution in [3.05, 3.63) is 40.9 Å². The summed E-state index contributed by atoms with van der Waals surface area (Å²) in [7, 11) is 0. The van der Waals surface area contributed by atoms with E-state index in [1.807, 2.05) is 0 Å². The molecule has 0 aliphatic carbocycles. The molecule has 8 heteroatoms. The zero-order chi connectivity index (χ0) is 14.0. The third-order valence-electron chi connectivity index (χ3n) is 2.09. The number of carboxylic acid groups (broad SMARTS) is 1. The largest absolute Gasteiger partial charge is 0.476 e. The SMILES string of the molecule is O=C(O)c1csc(Oc2ccc(C(F)(F)F)cc2)n1. The number of halogens is 3. The molecule has 1 N–H and O–H groups in total. The molecule has 0 aliphatic rings. The summed E-state index contributed by atoms with van der Waals surface area (Å²) >= 11 is 0.946. The first-order chi connectivity index (χ1) is 8.86. The minimum atomic E-state index is -4.41. The van der Waals surface area contributed by atoms with Crippen molar-refractivity contribution < 1.29 is 27.8 Å². The maximum atomic E-state index is 12.3. The molecule has 1 aromatic carbocycles. The first-order valence-corrected chi connectivity index (χ1v) is 5.78. The van der Waals surface area contributed by atoms with Crippen LogP contribution in [0, 0.1) is 0 Å². The Morgan fingerprint density at radius 1 is 1.26 bits per heavy atom. The van der Waals surface area contributed by atoms with Crippen molar-refractivity contribution in [2.24, 2.45) is 0 Å². The zero-order valence-electron chi connectivity index (χ0n) is 9.14. The molecule has 0 aliphatic heterocycles. The second-order valence-electron chi connectivity index (χ2n) is 3.43. The standard InChI is InChI=1S/C11H6F3NO3S/c12-11(13,14)6-1-3-7(4-2-6)18-10-15-8(5-19-10)9(16)17/h1-5H,(H,16,17). The van der Waals surface area contributed by atoms with Crippen LogP contribution in [-0.4, -0.2) is 16.1 Å². The van der Waals surface area contributed by atoms with Gasteiger partial charge in [0.05, 0.1) is 5.56 Å². The normalized spacial score (nSPS) is 11.3. The maximum absolute atomic E-state index is 12.3. The molecule has 0 unspecified atom stereocenters. The van der Waals surface area contributed by atoms with Gasteiger partial charge in [-0.15, -0.1) is 0 Å². The smallest absolute Gasteiger partial charge is 0.416 e. The third-order valence-corrected chi connectivity index (χ3v) is 2.81.